The SMILES string of the molecule is Bc1c(B)c(B)c(-c2c(B)c(B)c(B)c(-c3c4c(B)c(B)c(B)c(B)c4c(-c4c(B)c(B)c(-c5c(B)c(B)c(B)c6oc7c(B)c8c(B)c(B)c(B)c(B)c8c(B)c7c56)c(B)c4B)c4c(B)c(B)c(B)c(B)c34)c2B)c(B)c1B. The maximum atomic E-state index is 7.32. The lowest BCUT2D eigenvalue weighted by Gasteiger charge is -2.33. The Morgan fingerprint density at radius 1 is 0.114 bits per heavy atom. The van der Waals surface area contributed by atoms with Gasteiger partial charge in [0.15, 0.2) is 0 Å². The standard InChI is InChI=1S/C48H60B30O/c49-17-9(28(60)35(67)29(61)12(17)14-31(63)42(74)45(77)43(75)32(14)64)1-3-5(21(53)38(70)36(68)19(3)51)2(6-4(1)20(52)37(69)39(71)22(6)54)10-24(56)26(58)11(27(59)25(10)57)7-8-16-18(50)13-15(33(65)41(73)40(72)30(13)62)34(66)48(16)79-47(8)46(78)44(76)23(7)55/h49-78H2. The fraction of sp³-hybridized carbons (Fsp3) is 0. The summed E-state index contributed by atoms with van der Waals surface area (Å²) in [7, 11) is 71.2. The molecule has 1 aromatic heterocycles. The van der Waals surface area contributed by atoms with Crippen LogP contribution in [0.15, 0.2) is 4.42 Å². The zero-order valence-corrected chi connectivity index (χ0v) is 54.4. The first-order valence-corrected chi connectivity index (χ1v) is 29.4. The molecule has 0 radical (unpaired) electrons. The summed E-state index contributed by atoms with van der Waals surface area (Å²) in [4.78, 5) is 0. The summed E-state index contributed by atoms with van der Waals surface area (Å²) in [6, 6.07) is 0. The first kappa shape index (κ1) is 57.7. The lowest BCUT2D eigenvalue weighted by atomic mass is 9.54. The van der Waals surface area contributed by atoms with Gasteiger partial charge in [0, 0.05) is 10.8 Å². The molecule has 10 rings (SSSR count). The summed E-state index contributed by atoms with van der Waals surface area (Å²) in [6.45, 7) is 0. The molecule has 0 atom stereocenters. The second-order valence-electron chi connectivity index (χ2n) is 25.5. The third-order valence-electron chi connectivity index (χ3n) is 22.8. The van der Waals surface area contributed by atoms with Crippen LogP contribution in [0.25, 0.3) is 98.8 Å². The van der Waals surface area contributed by atoms with Crippen LogP contribution in [0.1, 0.15) is 0 Å². The molecule has 0 fully saturated rings. The molecule has 0 unspecified atom stereocenters. The summed E-state index contributed by atoms with van der Waals surface area (Å²) in [5.41, 5.74) is 54.1. The minimum Gasteiger partial charge on any atom is -0.457 e. The Balaban J connectivity index is 1.43. The van der Waals surface area contributed by atoms with Gasteiger partial charge in [-0.1, -0.05) is 104 Å². The Morgan fingerprint density at radius 3 is 0.684 bits per heavy atom. The van der Waals surface area contributed by atoms with E-state index in [1.54, 1.807) is 0 Å². The van der Waals surface area contributed by atoms with Crippen LogP contribution in [0.2, 0.25) is 0 Å². The van der Waals surface area contributed by atoms with Gasteiger partial charge >= 0.3 is 0 Å². The number of rotatable bonds is 4. The van der Waals surface area contributed by atoms with E-state index >= 15 is 0 Å². The summed E-state index contributed by atoms with van der Waals surface area (Å²) in [5, 5.41) is 10.9. The van der Waals surface area contributed by atoms with Gasteiger partial charge in [-0.25, -0.2) is 0 Å². The van der Waals surface area contributed by atoms with E-state index in [4.69, 9.17) is 4.42 Å². The molecule has 31 heteroatoms. The molecular formula is C48H60B30O. The molecule has 0 bridgehead atoms. The Bertz CT molecular complexity index is 4460. The number of fused-ring (bicyclic) bond motifs is 6. The monoisotopic (exact) mass is 983 g/mol. The second-order valence-corrected chi connectivity index (χ2v) is 25.5. The molecule has 10 aromatic rings. The molecule has 348 valence electrons. The molecular weight excluding hydrogens is 917 g/mol. The Labute approximate surface area is 498 Å². The fourth-order valence-corrected chi connectivity index (χ4v) is 15.8. The van der Waals surface area contributed by atoms with Crippen LogP contribution in [-0.4, -0.2) is 235 Å². The highest BCUT2D eigenvalue weighted by Crippen LogP contribution is 2.40. The smallest absolute Gasteiger partial charge is 0.145 e. The van der Waals surface area contributed by atoms with Crippen molar-refractivity contribution in [1.82, 2.24) is 0 Å². The lowest BCUT2D eigenvalue weighted by molar-refractivity contribution is 0.675. The van der Waals surface area contributed by atoms with Gasteiger partial charge in [0.2, 0.25) is 0 Å². The molecule has 1 heterocycles. The fourth-order valence-electron chi connectivity index (χ4n) is 15.8. The van der Waals surface area contributed by atoms with Gasteiger partial charge in [-0.3, -0.25) is 0 Å². The van der Waals surface area contributed by atoms with Gasteiger partial charge in [-0.05, 0) is 82.3 Å². The molecule has 0 amide bonds. The second kappa shape index (κ2) is 19.6. The van der Waals surface area contributed by atoms with Crippen molar-refractivity contribution < 1.29 is 4.42 Å². The van der Waals surface area contributed by atoms with E-state index in [1.807, 2.05) is 0 Å². The largest absolute Gasteiger partial charge is 0.457 e. The normalized spacial score (nSPS) is 11.8. The first-order chi connectivity index (χ1) is 36.8. The average molecular weight is 977 g/mol. The molecule has 9 aromatic carbocycles. The highest BCUT2D eigenvalue weighted by Gasteiger charge is 2.32. The van der Waals surface area contributed by atoms with E-state index in [0.29, 0.717) is 0 Å². The van der Waals surface area contributed by atoms with E-state index in [9.17, 15) is 0 Å². The summed E-state index contributed by atoms with van der Waals surface area (Å²) in [6.07, 6.45) is 0. The average Bonchev–Trinajstić information content (AvgIpc) is 3.84. The van der Waals surface area contributed by atoms with Crippen molar-refractivity contribution in [2.75, 3.05) is 0 Å². The molecule has 0 aliphatic carbocycles. The molecule has 79 heavy (non-hydrogen) atoms. The molecule has 0 spiro atoms. The minimum atomic E-state index is 1.02. The van der Waals surface area contributed by atoms with Crippen LogP contribution in [0.5, 0.6) is 0 Å². The van der Waals surface area contributed by atoms with Crippen LogP contribution in [0.4, 0.5) is 0 Å². The predicted molar refractivity (Wildman–Crippen MR) is 453 cm³/mol. The highest BCUT2D eigenvalue weighted by molar-refractivity contribution is 6.77. The van der Waals surface area contributed by atoms with Crippen molar-refractivity contribution in [2.24, 2.45) is 0 Å². The molecule has 0 saturated carbocycles. The third kappa shape index (κ3) is 7.52. The van der Waals surface area contributed by atoms with Gasteiger partial charge in [0.05, 0.1) is 0 Å². The van der Waals surface area contributed by atoms with Crippen molar-refractivity contribution in [3.05, 3.63) is 0 Å². The van der Waals surface area contributed by atoms with Crippen LogP contribution in [0, 0.1) is 0 Å². The van der Waals surface area contributed by atoms with Gasteiger partial charge in [0.25, 0.3) is 0 Å². The Kier molecular flexibility index (Phi) is 14.3. The van der Waals surface area contributed by atoms with Crippen molar-refractivity contribution in [3.8, 4) is 44.5 Å². The number of furan rings is 1. The molecule has 1 nitrogen and oxygen atoms in total. The van der Waals surface area contributed by atoms with E-state index in [1.165, 1.54) is 251 Å². The van der Waals surface area contributed by atoms with Gasteiger partial charge in [-0.2, -0.15) is 0 Å². The molecule has 0 saturated heterocycles. The quantitative estimate of drug-likeness (QED) is 0.127. The molecule has 0 N–H and O–H groups in total. The zero-order valence-electron chi connectivity index (χ0n) is 54.4. The van der Waals surface area contributed by atoms with Gasteiger partial charge in [-0.15, -0.1) is 54.6 Å². The first-order valence-electron chi connectivity index (χ1n) is 29.4. The van der Waals surface area contributed by atoms with Crippen molar-refractivity contribution in [3.63, 3.8) is 0 Å². The predicted octanol–water partition coefficient (Wildman–Crippen LogP) is -38.5. The topological polar surface area (TPSA) is 13.1 Å². The van der Waals surface area contributed by atoms with Crippen LogP contribution in [0.3, 0.4) is 0 Å². The molecule has 0 aliphatic heterocycles. The maximum Gasteiger partial charge on any atom is 0.145 e. The number of hydrogen-bond acceptors (Lipinski definition) is 1. The number of hydrogen-bond donors (Lipinski definition) is 0. The third-order valence-corrected chi connectivity index (χ3v) is 22.8. The minimum absolute atomic E-state index is 1.02. The van der Waals surface area contributed by atoms with E-state index in [0.717, 1.165) is 11.2 Å². The summed E-state index contributed by atoms with van der Waals surface area (Å²) in [5.74, 6) is 0. The molecule has 0 aliphatic rings. The van der Waals surface area contributed by atoms with Crippen LogP contribution in [-0.2, 0) is 0 Å². The maximum absolute atomic E-state index is 7.32. The van der Waals surface area contributed by atoms with Gasteiger partial charge < -0.3 is 4.42 Å². The van der Waals surface area contributed by atoms with Gasteiger partial charge in [0.1, 0.15) is 247 Å². The van der Waals surface area contributed by atoms with Crippen LogP contribution < -0.4 is 164 Å². The summed E-state index contributed by atoms with van der Waals surface area (Å²) >= 11 is 0. The highest BCUT2D eigenvalue weighted by atomic mass is 16.3. The van der Waals surface area contributed by atoms with E-state index < -0.39 is 0 Å². The van der Waals surface area contributed by atoms with E-state index in [-0.39, 0.29) is 0 Å². The Hall–Kier alpha value is -4.49. The zero-order chi connectivity index (χ0) is 58.4. The van der Waals surface area contributed by atoms with E-state index in [2.05, 4.69) is 235 Å². The van der Waals surface area contributed by atoms with Crippen molar-refractivity contribution in [1.29, 1.82) is 0 Å². The Morgan fingerprint density at radius 2 is 0.316 bits per heavy atom. The lowest BCUT2D eigenvalue weighted by Crippen LogP contribution is -2.57. The number of benzene rings is 9. The van der Waals surface area contributed by atoms with Crippen molar-refractivity contribution in [2.45, 2.75) is 0 Å². The van der Waals surface area contributed by atoms with Crippen molar-refractivity contribution >= 4 is 454 Å². The summed E-state index contributed by atoms with van der Waals surface area (Å²) < 4.78 is 7.32. The van der Waals surface area contributed by atoms with Crippen LogP contribution >= 0.6 is 0 Å².